The molecule has 23 heavy (non-hydrogen) atoms. The topological polar surface area (TPSA) is 34.1 Å². The first-order chi connectivity index (χ1) is 11.0. The third kappa shape index (κ3) is 2.23. The van der Waals surface area contributed by atoms with Crippen molar-refractivity contribution in [3.8, 4) is 0 Å². The van der Waals surface area contributed by atoms with Crippen LogP contribution < -0.4 is 0 Å². The molecule has 0 aromatic heterocycles. The Morgan fingerprint density at radius 1 is 1.04 bits per heavy atom. The van der Waals surface area contributed by atoms with E-state index in [4.69, 9.17) is 0 Å². The highest BCUT2D eigenvalue weighted by Crippen LogP contribution is 2.56. The lowest BCUT2D eigenvalue weighted by Gasteiger charge is -2.22. The molecular formula is C21H22O2. The van der Waals surface area contributed by atoms with Gasteiger partial charge in [-0.1, -0.05) is 49.3 Å². The van der Waals surface area contributed by atoms with Crippen LogP contribution in [0.25, 0.3) is 5.57 Å². The van der Waals surface area contributed by atoms with Crippen molar-refractivity contribution in [1.82, 2.24) is 0 Å². The summed E-state index contributed by atoms with van der Waals surface area (Å²) >= 11 is 0. The Kier molecular flexibility index (Phi) is 3.19. The zero-order chi connectivity index (χ0) is 16.3. The molecule has 3 aliphatic carbocycles. The van der Waals surface area contributed by atoms with E-state index in [1.54, 1.807) is 0 Å². The van der Waals surface area contributed by atoms with E-state index in [1.165, 1.54) is 11.1 Å². The van der Waals surface area contributed by atoms with Crippen molar-refractivity contribution in [3.05, 3.63) is 52.6 Å². The molecule has 1 fully saturated rings. The Morgan fingerprint density at radius 2 is 1.83 bits per heavy atom. The van der Waals surface area contributed by atoms with E-state index in [0.717, 1.165) is 23.1 Å². The smallest absolute Gasteiger partial charge is 0.170 e. The van der Waals surface area contributed by atoms with Gasteiger partial charge in [0.2, 0.25) is 0 Å². The third-order valence-electron chi connectivity index (χ3n) is 5.73. The summed E-state index contributed by atoms with van der Waals surface area (Å²) in [6.07, 6.45) is 5.48. The molecule has 0 aliphatic heterocycles. The van der Waals surface area contributed by atoms with Crippen molar-refractivity contribution >= 4 is 17.1 Å². The standard InChI is InChI=1S/C21H22O2/c1-11-4-6-14-15-7-5-12(2)9-17(15)20-13(3)21(20)19(23)10-18(22)16(14)8-11/h4-8,12-13,20-21H,9-10H2,1-3H3. The van der Waals surface area contributed by atoms with Crippen LogP contribution >= 0.6 is 0 Å². The number of benzene rings is 1. The highest BCUT2D eigenvalue weighted by Gasteiger charge is 2.54. The van der Waals surface area contributed by atoms with Gasteiger partial charge in [0.15, 0.2) is 5.78 Å². The summed E-state index contributed by atoms with van der Waals surface area (Å²) in [4.78, 5) is 25.3. The van der Waals surface area contributed by atoms with Crippen LogP contribution in [0.15, 0.2) is 35.9 Å². The van der Waals surface area contributed by atoms with E-state index in [2.05, 4.69) is 38.1 Å². The van der Waals surface area contributed by atoms with Gasteiger partial charge in [0, 0.05) is 11.5 Å². The van der Waals surface area contributed by atoms with Crippen LogP contribution in [0.5, 0.6) is 0 Å². The second-order valence-electron chi connectivity index (χ2n) is 7.51. The SMILES string of the molecule is Cc1ccc2c(c1)C(=O)CC(=O)C1C(C)C1C1=C2C=CC(C)C1. The molecule has 0 heterocycles. The van der Waals surface area contributed by atoms with Gasteiger partial charge in [-0.15, -0.1) is 0 Å². The molecule has 4 unspecified atom stereocenters. The van der Waals surface area contributed by atoms with Crippen molar-refractivity contribution in [2.45, 2.75) is 33.6 Å². The van der Waals surface area contributed by atoms with Crippen molar-refractivity contribution in [3.63, 3.8) is 0 Å². The molecule has 0 amide bonds. The number of carbonyl (C=O) groups excluding carboxylic acids is 2. The van der Waals surface area contributed by atoms with E-state index < -0.39 is 0 Å². The molecule has 1 aromatic rings. The highest BCUT2D eigenvalue weighted by atomic mass is 16.1. The Hall–Kier alpha value is -1.96. The van der Waals surface area contributed by atoms with Gasteiger partial charge in [-0.2, -0.15) is 0 Å². The number of Topliss-reactive ketones (excluding diaryl/α,β-unsaturated/α-hetero) is 2. The number of hydrogen-bond donors (Lipinski definition) is 0. The summed E-state index contributed by atoms with van der Waals surface area (Å²) in [5.74, 6) is 1.39. The van der Waals surface area contributed by atoms with Crippen LogP contribution in [0.1, 0.15) is 48.2 Å². The largest absolute Gasteiger partial charge is 0.299 e. The molecule has 0 spiro atoms. The molecule has 1 aromatic carbocycles. The Morgan fingerprint density at radius 3 is 2.61 bits per heavy atom. The molecule has 0 N–H and O–H groups in total. The molecule has 2 heteroatoms. The van der Waals surface area contributed by atoms with E-state index in [9.17, 15) is 9.59 Å². The number of hydrogen-bond acceptors (Lipinski definition) is 2. The molecule has 0 saturated heterocycles. The van der Waals surface area contributed by atoms with Gasteiger partial charge in [0.05, 0.1) is 6.42 Å². The van der Waals surface area contributed by atoms with Gasteiger partial charge in [-0.05, 0) is 48.3 Å². The minimum absolute atomic E-state index is 0.0210. The molecule has 1 saturated carbocycles. The number of aryl methyl sites for hydroxylation is 1. The fourth-order valence-electron chi connectivity index (χ4n) is 4.46. The maximum atomic E-state index is 12.7. The summed E-state index contributed by atoms with van der Waals surface area (Å²) in [7, 11) is 0. The highest BCUT2D eigenvalue weighted by molar-refractivity contribution is 6.12. The van der Waals surface area contributed by atoms with Crippen LogP contribution in [0, 0.1) is 30.6 Å². The van der Waals surface area contributed by atoms with Gasteiger partial charge in [-0.3, -0.25) is 9.59 Å². The van der Waals surface area contributed by atoms with Gasteiger partial charge in [0.1, 0.15) is 5.78 Å². The maximum absolute atomic E-state index is 12.7. The summed E-state index contributed by atoms with van der Waals surface area (Å²) in [5.41, 5.74) is 5.40. The van der Waals surface area contributed by atoms with Crippen LogP contribution in [0.4, 0.5) is 0 Å². The summed E-state index contributed by atoms with van der Waals surface area (Å²) in [6, 6.07) is 6.08. The van der Waals surface area contributed by atoms with E-state index >= 15 is 0 Å². The van der Waals surface area contributed by atoms with Crippen molar-refractivity contribution in [1.29, 1.82) is 0 Å². The van der Waals surface area contributed by atoms with Gasteiger partial charge in [-0.25, -0.2) is 0 Å². The monoisotopic (exact) mass is 306 g/mol. The summed E-state index contributed by atoms with van der Waals surface area (Å²) in [6.45, 7) is 6.37. The molecule has 0 radical (unpaired) electrons. The maximum Gasteiger partial charge on any atom is 0.170 e. The fourth-order valence-corrected chi connectivity index (χ4v) is 4.46. The van der Waals surface area contributed by atoms with Crippen molar-refractivity contribution < 1.29 is 9.59 Å². The van der Waals surface area contributed by atoms with Gasteiger partial charge in [0.25, 0.3) is 0 Å². The number of rotatable bonds is 0. The normalized spacial score (nSPS) is 32.5. The molecule has 4 rings (SSSR count). The lowest BCUT2D eigenvalue weighted by atomic mass is 9.82. The lowest BCUT2D eigenvalue weighted by molar-refractivity contribution is -0.119. The second-order valence-corrected chi connectivity index (χ2v) is 7.51. The predicted octanol–water partition coefficient (Wildman–Crippen LogP) is 4.38. The number of allylic oxidation sites excluding steroid dienone is 4. The molecule has 4 atom stereocenters. The second kappa shape index (κ2) is 5.02. The molecule has 118 valence electrons. The van der Waals surface area contributed by atoms with E-state index in [1.807, 2.05) is 13.0 Å². The van der Waals surface area contributed by atoms with Crippen LogP contribution in [-0.4, -0.2) is 11.6 Å². The zero-order valence-corrected chi connectivity index (χ0v) is 13.9. The fraction of sp³-hybridized carbons (Fsp3) is 0.429. The molecule has 3 aliphatic rings. The Balaban J connectivity index is 1.96. The first-order valence-corrected chi connectivity index (χ1v) is 8.55. The Labute approximate surface area is 137 Å². The van der Waals surface area contributed by atoms with E-state index in [0.29, 0.717) is 17.8 Å². The van der Waals surface area contributed by atoms with Crippen LogP contribution in [0.2, 0.25) is 0 Å². The molecular weight excluding hydrogens is 284 g/mol. The quantitative estimate of drug-likeness (QED) is 0.666. The van der Waals surface area contributed by atoms with Crippen molar-refractivity contribution in [2.75, 3.05) is 0 Å². The van der Waals surface area contributed by atoms with Gasteiger partial charge >= 0.3 is 0 Å². The number of ketones is 2. The number of carbonyl (C=O) groups is 2. The minimum Gasteiger partial charge on any atom is -0.299 e. The molecule has 0 bridgehead atoms. The van der Waals surface area contributed by atoms with Crippen LogP contribution in [-0.2, 0) is 4.79 Å². The van der Waals surface area contributed by atoms with Gasteiger partial charge < -0.3 is 0 Å². The minimum atomic E-state index is -0.0210. The predicted molar refractivity (Wildman–Crippen MR) is 91.1 cm³/mol. The molecule has 2 nitrogen and oxygen atoms in total. The average Bonchev–Trinajstić information content (AvgIpc) is 3.17. The van der Waals surface area contributed by atoms with Crippen LogP contribution in [0.3, 0.4) is 0 Å². The third-order valence-corrected chi connectivity index (χ3v) is 5.73. The number of fused-ring (bicyclic) bond motifs is 4. The lowest BCUT2D eigenvalue weighted by Crippen LogP contribution is -2.12. The Bertz CT molecular complexity index is 781. The van der Waals surface area contributed by atoms with Crippen molar-refractivity contribution in [2.24, 2.45) is 23.7 Å². The first-order valence-electron chi connectivity index (χ1n) is 8.55. The zero-order valence-electron chi connectivity index (χ0n) is 13.9. The van der Waals surface area contributed by atoms with E-state index in [-0.39, 0.29) is 23.9 Å². The average molecular weight is 306 g/mol. The first kappa shape index (κ1) is 14.6. The summed E-state index contributed by atoms with van der Waals surface area (Å²) in [5, 5.41) is 0. The summed E-state index contributed by atoms with van der Waals surface area (Å²) < 4.78 is 0.